The van der Waals surface area contributed by atoms with E-state index in [9.17, 15) is 0 Å². The molecule has 0 bridgehead atoms. The van der Waals surface area contributed by atoms with Gasteiger partial charge in [-0.25, -0.2) is 0 Å². The van der Waals surface area contributed by atoms with Crippen LogP contribution in [-0.2, 0) is 0 Å². The van der Waals surface area contributed by atoms with Crippen LogP contribution in [0.25, 0.3) is 0 Å². The summed E-state index contributed by atoms with van der Waals surface area (Å²) in [5.41, 5.74) is 0. The van der Waals surface area contributed by atoms with Crippen LogP contribution in [0, 0.1) is 17.8 Å². The van der Waals surface area contributed by atoms with Gasteiger partial charge in [-0.15, -0.1) is 0 Å². The predicted molar refractivity (Wildman–Crippen MR) is 66.9 cm³/mol. The maximum Gasteiger partial charge on any atom is -0.0388 e. The number of rotatable bonds is 4. The smallest absolute Gasteiger partial charge is 0.0388 e. The molecule has 0 heteroatoms. The van der Waals surface area contributed by atoms with Crippen LogP contribution in [0.5, 0.6) is 0 Å². The highest BCUT2D eigenvalue weighted by Gasteiger charge is 2.22. The highest BCUT2D eigenvalue weighted by molar-refractivity contribution is 4.74. The zero-order valence-electron chi connectivity index (χ0n) is 10.5. The first-order chi connectivity index (χ1) is 7.36. The van der Waals surface area contributed by atoms with Gasteiger partial charge in [0.25, 0.3) is 0 Å². The molecular weight excluding hydrogens is 180 g/mol. The molecule has 2 rings (SSSR count). The summed E-state index contributed by atoms with van der Waals surface area (Å²) in [4.78, 5) is 0. The molecule has 2 fully saturated rings. The third-order valence-electron chi connectivity index (χ3n) is 4.96. The lowest BCUT2D eigenvalue weighted by molar-refractivity contribution is 0.274. The van der Waals surface area contributed by atoms with Gasteiger partial charge >= 0.3 is 0 Å². The third kappa shape index (κ3) is 3.50. The lowest BCUT2D eigenvalue weighted by atomic mass is 9.81. The molecule has 0 heterocycles. The zero-order valence-corrected chi connectivity index (χ0v) is 10.5. The van der Waals surface area contributed by atoms with E-state index >= 15 is 0 Å². The van der Waals surface area contributed by atoms with E-state index in [1.165, 1.54) is 70.6 Å². The van der Waals surface area contributed by atoms with Crippen LogP contribution in [0.4, 0.5) is 0 Å². The van der Waals surface area contributed by atoms with Gasteiger partial charge in [0.1, 0.15) is 0 Å². The molecule has 0 aliphatic heterocycles. The molecule has 0 amide bonds. The van der Waals surface area contributed by atoms with Crippen molar-refractivity contribution in [2.24, 2.45) is 17.8 Å². The predicted octanol–water partition coefficient (Wildman–Crippen LogP) is 5.17. The summed E-state index contributed by atoms with van der Waals surface area (Å²) in [6.07, 6.45) is 16.8. The van der Waals surface area contributed by atoms with E-state index in [1.807, 2.05) is 0 Å². The van der Waals surface area contributed by atoms with Gasteiger partial charge in [-0.2, -0.15) is 0 Å². The van der Waals surface area contributed by atoms with Crippen LogP contribution in [0.1, 0.15) is 77.6 Å². The molecule has 2 aliphatic rings. The van der Waals surface area contributed by atoms with Crippen LogP contribution in [0.2, 0.25) is 0 Å². The summed E-state index contributed by atoms with van der Waals surface area (Å²) in [6.45, 7) is 2.51. The number of hydrogen-bond donors (Lipinski definition) is 0. The Labute approximate surface area is 95.8 Å². The standard InChI is InChI=1S/C15H28/c1-13(15-9-5-6-10-15)11-12-14-7-3-2-4-8-14/h13-15H,2-12H2,1H3. The van der Waals surface area contributed by atoms with E-state index in [1.54, 1.807) is 0 Å². The molecular formula is C15H28. The van der Waals surface area contributed by atoms with Crippen molar-refractivity contribution in [3.8, 4) is 0 Å². The van der Waals surface area contributed by atoms with Gasteiger partial charge in [-0.1, -0.05) is 77.6 Å². The van der Waals surface area contributed by atoms with Crippen molar-refractivity contribution < 1.29 is 0 Å². The van der Waals surface area contributed by atoms with Crippen molar-refractivity contribution in [1.82, 2.24) is 0 Å². The molecule has 0 nitrogen and oxygen atoms in total. The maximum atomic E-state index is 2.51. The zero-order chi connectivity index (χ0) is 10.5. The molecule has 1 unspecified atom stereocenters. The second kappa shape index (κ2) is 5.92. The summed E-state index contributed by atoms with van der Waals surface area (Å²) in [5.74, 6) is 3.21. The molecule has 1 atom stereocenters. The molecule has 0 N–H and O–H groups in total. The normalized spacial score (nSPS) is 27.0. The monoisotopic (exact) mass is 208 g/mol. The minimum absolute atomic E-state index is 1.02. The molecule has 0 saturated heterocycles. The average Bonchev–Trinajstić information content (AvgIpc) is 2.81. The van der Waals surface area contributed by atoms with E-state index in [2.05, 4.69) is 6.92 Å². The summed E-state index contributed by atoms with van der Waals surface area (Å²) < 4.78 is 0. The van der Waals surface area contributed by atoms with E-state index in [4.69, 9.17) is 0 Å². The quantitative estimate of drug-likeness (QED) is 0.597. The van der Waals surface area contributed by atoms with Crippen LogP contribution in [0.3, 0.4) is 0 Å². The van der Waals surface area contributed by atoms with Gasteiger partial charge in [-0.3, -0.25) is 0 Å². The van der Waals surface area contributed by atoms with Crippen molar-refractivity contribution in [1.29, 1.82) is 0 Å². The van der Waals surface area contributed by atoms with Crippen molar-refractivity contribution in [2.75, 3.05) is 0 Å². The summed E-state index contributed by atoms with van der Waals surface area (Å²) >= 11 is 0. The van der Waals surface area contributed by atoms with Crippen LogP contribution < -0.4 is 0 Å². The van der Waals surface area contributed by atoms with Gasteiger partial charge < -0.3 is 0 Å². The minimum atomic E-state index is 1.02. The molecule has 2 aliphatic carbocycles. The fraction of sp³-hybridized carbons (Fsp3) is 1.00. The number of hydrogen-bond acceptors (Lipinski definition) is 0. The Kier molecular flexibility index (Phi) is 4.53. The molecule has 0 radical (unpaired) electrons. The Morgan fingerprint density at radius 1 is 0.867 bits per heavy atom. The van der Waals surface area contributed by atoms with Gasteiger partial charge in [-0.05, 0) is 17.8 Å². The molecule has 88 valence electrons. The van der Waals surface area contributed by atoms with Gasteiger partial charge in [0.15, 0.2) is 0 Å². The first-order valence-corrected chi connectivity index (χ1v) is 7.36. The van der Waals surface area contributed by atoms with Crippen molar-refractivity contribution >= 4 is 0 Å². The Morgan fingerprint density at radius 3 is 2.13 bits per heavy atom. The Bertz CT molecular complexity index is 161. The first kappa shape index (κ1) is 11.5. The Balaban J connectivity index is 1.63. The van der Waals surface area contributed by atoms with Gasteiger partial charge in [0.2, 0.25) is 0 Å². The maximum absolute atomic E-state index is 2.51. The summed E-state index contributed by atoms with van der Waals surface area (Å²) in [7, 11) is 0. The van der Waals surface area contributed by atoms with Crippen LogP contribution in [-0.4, -0.2) is 0 Å². The molecule has 0 spiro atoms. The lowest BCUT2D eigenvalue weighted by Gasteiger charge is -2.25. The lowest BCUT2D eigenvalue weighted by Crippen LogP contribution is -2.12. The van der Waals surface area contributed by atoms with E-state index in [0.717, 1.165) is 17.8 Å². The fourth-order valence-electron chi connectivity index (χ4n) is 3.74. The molecule has 0 aromatic carbocycles. The molecule has 0 aromatic heterocycles. The van der Waals surface area contributed by atoms with Crippen molar-refractivity contribution in [3.05, 3.63) is 0 Å². The minimum Gasteiger partial charge on any atom is -0.0622 e. The second-order valence-corrected chi connectivity index (χ2v) is 6.10. The van der Waals surface area contributed by atoms with Crippen LogP contribution >= 0.6 is 0 Å². The fourth-order valence-corrected chi connectivity index (χ4v) is 3.74. The summed E-state index contributed by atoms with van der Waals surface area (Å²) in [6, 6.07) is 0. The topological polar surface area (TPSA) is 0 Å². The van der Waals surface area contributed by atoms with Gasteiger partial charge in [0, 0.05) is 0 Å². The van der Waals surface area contributed by atoms with Gasteiger partial charge in [0.05, 0.1) is 0 Å². The molecule has 2 saturated carbocycles. The largest absolute Gasteiger partial charge is 0.0622 e. The Hall–Kier alpha value is 0. The highest BCUT2D eigenvalue weighted by atomic mass is 14.3. The molecule has 0 aromatic rings. The van der Waals surface area contributed by atoms with E-state index in [0.29, 0.717) is 0 Å². The van der Waals surface area contributed by atoms with Crippen molar-refractivity contribution in [2.45, 2.75) is 77.6 Å². The SMILES string of the molecule is CC(CCC1CCCCC1)C1CCCC1. The Morgan fingerprint density at radius 2 is 1.47 bits per heavy atom. The van der Waals surface area contributed by atoms with E-state index < -0.39 is 0 Å². The second-order valence-electron chi connectivity index (χ2n) is 6.10. The summed E-state index contributed by atoms with van der Waals surface area (Å²) in [5, 5.41) is 0. The first-order valence-electron chi connectivity index (χ1n) is 7.36. The van der Waals surface area contributed by atoms with Crippen molar-refractivity contribution in [3.63, 3.8) is 0 Å². The molecule has 15 heavy (non-hydrogen) atoms. The van der Waals surface area contributed by atoms with Crippen LogP contribution in [0.15, 0.2) is 0 Å². The average molecular weight is 208 g/mol. The van der Waals surface area contributed by atoms with E-state index in [-0.39, 0.29) is 0 Å². The third-order valence-corrected chi connectivity index (χ3v) is 4.96. The highest BCUT2D eigenvalue weighted by Crippen LogP contribution is 2.35.